The smallest absolute Gasteiger partial charge is 0.153 e. The number of aliphatic hydroxyl groups excluding tert-OH is 1. The molecule has 2 aromatic rings. The van der Waals surface area contributed by atoms with Gasteiger partial charge in [-0.25, -0.2) is 4.98 Å². The van der Waals surface area contributed by atoms with Crippen molar-refractivity contribution in [3.8, 4) is 5.69 Å². The lowest BCUT2D eigenvalue weighted by atomic mass is 10.3. The van der Waals surface area contributed by atoms with Crippen molar-refractivity contribution in [2.75, 3.05) is 0 Å². The molecule has 1 N–H and O–H groups in total. The monoisotopic (exact) mass is 242 g/mol. The zero-order chi connectivity index (χ0) is 10.8. The van der Waals surface area contributed by atoms with E-state index in [0.717, 1.165) is 5.69 Å². The van der Waals surface area contributed by atoms with Gasteiger partial charge in [-0.05, 0) is 24.3 Å². The molecule has 15 heavy (non-hydrogen) atoms. The van der Waals surface area contributed by atoms with Gasteiger partial charge in [-0.15, -0.1) is 0 Å². The molecule has 0 amide bonds. The predicted molar refractivity (Wildman–Crippen MR) is 59.5 cm³/mol. The van der Waals surface area contributed by atoms with Crippen molar-refractivity contribution >= 4 is 23.2 Å². The molecule has 1 heterocycles. The standard InChI is InChI=1S/C10H8Cl2N2O/c11-7-1-3-8(4-2-7)14-6-13-10(12)9(14)5-15/h1-4,6,15H,5H2. The van der Waals surface area contributed by atoms with E-state index in [1.165, 1.54) is 0 Å². The van der Waals surface area contributed by atoms with E-state index < -0.39 is 0 Å². The van der Waals surface area contributed by atoms with Crippen molar-refractivity contribution in [3.63, 3.8) is 0 Å². The number of imidazole rings is 1. The lowest BCUT2D eigenvalue weighted by Crippen LogP contribution is -1.98. The predicted octanol–water partition coefficient (Wildman–Crippen LogP) is 2.67. The first-order valence-electron chi connectivity index (χ1n) is 4.31. The molecular weight excluding hydrogens is 235 g/mol. The summed E-state index contributed by atoms with van der Waals surface area (Å²) in [5, 5.41) is 10.1. The van der Waals surface area contributed by atoms with Crippen LogP contribution in [0.1, 0.15) is 5.69 Å². The van der Waals surface area contributed by atoms with Crippen molar-refractivity contribution in [1.29, 1.82) is 0 Å². The maximum absolute atomic E-state index is 9.13. The summed E-state index contributed by atoms with van der Waals surface area (Å²) in [5.74, 6) is 0. The Hall–Kier alpha value is -1.03. The highest BCUT2D eigenvalue weighted by molar-refractivity contribution is 6.30. The summed E-state index contributed by atoms with van der Waals surface area (Å²) < 4.78 is 1.72. The van der Waals surface area contributed by atoms with Crippen molar-refractivity contribution in [2.45, 2.75) is 6.61 Å². The molecule has 0 fully saturated rings. The van der Waals surface area contributed by atoms with Gasteiger partial charge in [-0.2, -0.15) is 0 Å². The van der Waals surface area contributed by atoms with E-state index in [4.69, 9.17) is 28.3 Å². The number of hydrogen-bond acceptors (Lipinski definition) is 2. The fraction of sp³-hybridized carbons (Fsp3) is 0.100. The Kier molecular flexibility index (Phi) is 2.95. The van der Waals surface area contributed by atoms with Crippen molar-refractivity contribution < 1.29 is 5.11 Å². The SMILES string of the molecule is OCc1c(Cl)ncn1-c1ccc(Cl)cc1. The normalized spacial score (nSPS) is 10.6. The molecule has 2 rings (SSSR count). The van der Waals surface area contributed by atoms with Gasteiger partial charge < -0.3 is 5.11 Å². The Labute approximate surface area is 96.9 Å². The van der Waals surface area contributed by atoms with E-state index in [0.29, 0.717) is 15.9 Å². The fourth-order valence-electron chi connectivity index (χ4n) is 1.32. The molecule has 0 saturated carbocycles. The van der Waals surface area contributed by atoms with Crippen LogP contribution in [0.4, 0.5) is 0 Å². The van der Waals surface area contributed by atoms with E-state index >= 15 is 0 Å². The van der Waals surface area contributed by atoms with Crippen LogP contribution < -0.4 is 0 Å². The van der Waals surface area contributed by atoms with Crippen molar-refractivity contribution in [3.05, 3.63) is 46.5 Å². The Morgan fingerprint density at radius 1 is 1.20 bits per heavy atom. The summed E-state index contributed by atoms with van der Waals surface area (Å²) >= 11 is 11.6. The van der Waals surface area contributed by atoms with Crippen LogP contribution in [0.3, 0.4) is 0 Å². The molecule has 3 nitrogen and oxygen atoms in total. The summed E-state index contributed by atoms with van der Waals surface area (Å²) in [6, 6.07) is 7.21. The number of benzene rings is 1. The maximum atomic E-state index is 9.13. The van der Waals surface area contributed by atoms with Crippen LogP contribution in [0.2, 0.25) is 10.2 Å². The van der Waals surface area contributed by atoms with Gasteiger partial charge in [-0.3, -0.25) is 4.57 Å². The summed E-state index contributed by atoms with van der Waals surface area (Å²) in [6.07, 6.45) is 1.57. The minimum Gasteiger partial charge on any atom is -0.390 e. The number of halogens is 2. The highest BCUT2D eigenvalue weighted by Gasteiger charge is 2.08. The van der Waals surface area contributed by atoms with Crippen molar-refractivity contribution in [2.24, 2.45) is 0 Å². The molecule has 5 heteroatoms. The van der Waals surface area contributed by atoms with Gasteiger partial charge >= 0.3 is 0 Å². The zero-order valence-corrected chi connectivity index (χ0v) is 9.20. The van der Waals surface area contributed by atoms with E-state index in [1.807, 2.05) is 12.1 Å². The average Bonchev–Trinajstić information content (AvgIpc) is 2.61. The van der Waals surface area contributed by atoms with Gasteiger partial charge in [0, 0.05) is 10.7 Å². The van der Waals surface area contributed by atoms with E-state index in [-0.39, 0.29) is 6.61 Å². The summed E-state index contributed by atoms with van der Waals surface area (Å²) in [4.78, 5) is 3.92. The van der Waals surface area contributed by atoms with E-state index in [9.17, 15) is 0 Å². The van der Waals surface area contributed by atoms with Gasteiger partial charge in [0.25, 0.3) is 0 Å². The number of rotatable bonds is 2. The first kappa shape index (κ1) is 10.5. The Balaban J connectivity index is 2.49. The fourth-order valence-corrected chi connectivity index (χ4v) is 1.64. The third-order valence-electron chi connectivity index (χ3n) is 2.07. The van der Waals surface area contributed by atoms with Crippen LogP contribution in [0.5, 0.6) is 0 Å². The Bertz CT molecular complexity index is 465. The lowest BCUT2D eigenvalue weighted by Gasteiger charge is -2.05. The maximum Gasteiger partial charge on any atom is 0.153 e. The molecule has 0 unspecified atom stereocenters. The van der Waals surface area contributed by atoms with Crippen LogP contribution in [0.25, 0.3) is 5.69 Å². The Morgan fingerprint density at radius 2 is 1.87 bits per heavy atom. The molecule has 0 atom stereocenters. The second-order valence-electron chi connectivity index (χ2n) is 2.99. The molecule has 0 bridgehead atoms. The average molecular weight is 243 g/mol. The largest absolute Gasteiger partial charge is 0.390 e. The van der Waals surface area contributed by atoms with Gasteiger partial charge in [0.1, 0.15) is 6.33 Å². The first-order valence-corrected chi connectivity index (χ1v) is 5.06. The minimum atomic E-state index is -0.151. The molecule has 1 aromatic carbocycles. The van der Waals surface area contributed by atoms with Gasteiger partial charge in [0.05, 0.1) is 12.3 Å². The van der Waals surface area contributed by atoms with Crippen LogP contribution in [0, 0.1) is 0 Å². The molecule has 0 aliphatic rings. The van der Waals surface area contributed by atoms with Crippen LogP contribution in [-0.4, -0.2) is 14.7 Å². The number of nitrogens with zero attached hydrogens (tertiary/aromatic N) is 2. The second-order valence-corrected chi connectivity index (χ2v) is 3.78. The molecule has 78 valence electrons. The van der Waals surface area contributed by atoms with Crippen LogP contribution in [0.15, 0.2) is 30.6 Å². The van der Waals surface area contributed by atoms with Gasteiger partial charge in [0.2, 0.25) is 0 Å². The topological polar surface area (TPSA) is 38.1 Å². The first-order chi connectivity index (χ1) is 7.22. The molecular formula is C10H8Cl2N2O. The second kappa shape index (κ2) is 4.23. The van der Waals surface area contributed by atoms with Crippen LogP contribution in [-0.2, 0) is 6.61 Å². The summed E-state index contributed by atoms with van der Waals surface area (Å²) in [6.45, 7) is -0.151. The lowest BCUT2D eigenvalue weighted by molar-refractivity contribution is 0.275. The molecule has 0 aliphatic carbocycles. The minimum absolute atomic E-state index is 0.151. The quantitative estimate of drug-likeness (QED) is 0.880. The zero-order valence-electron chi connectivity index (χ0n) is 7.69. The van der Waals surface area contributed by atoms with Gasteiger partial charge in [-0.1, -0.05) is 23.2 Å². The third-order valence-corrected chi connectivity index (χ3v) is 2.64. The molecule has 0 radical (unpaired) electrons. The highest BCUT2D eigenvalue weighted by atomic mass is 35.5. The summed E-state index contributed by atoms with van der Waals surface area (Å²) in [7, 11) is 0. The van der Waals surface area contributed by atoms with E-state index in [2.05, 4.69) is 4.98 Å². The number of aliphatic hydroxyl groups is 1. The van der Waals surface area contributed by atoms with E-state index in [1.54, 1.807) is 23.0 Å². The molecule has 1 aromatic heterocycles. The number of aromatic nitrogens is 2. The van der Waals surface area contributed by atoms with Crippen LogP contribution >= 0.6 is 23.2 Å². The molecule has 0 spiro atoms. The highest BCUT2D eigenvalue weighted by Crippen LogP contribution is 2.20. The molecule has 0 aliphatic heterocycles. The molecule has 0 saturated heterocycles. The van der Waals surface area contributed by atoms with Crippen molar-refractivity contribution in [1.82, 2.24) is 9.55 Å². The van der Waals surface area contributed by atoms with Gasteiger partial charge in [0.15, 0.2) is 5.15 Å². The summed E-state index contributed by atoms with van der Waals surface area (Å²) in [5.41, 5.74) is 1.43. The third kappa shape index (κ3) is 2.00. The Morgan fingerprint density at radius 3 is 2.47 bits per heavy atom. The number of hydrogen-bond donors (Lipinski definition) is 1.